The summed E-state index contributed by atoms with van der Waals surface area (Å²) in [6.45, 7) is 0. The molecule has 0 aliphatic carbocycles. The van der Waals surface area contributed by atoms with Crippen LogP contribution in [0.5, 0.6) is 0 Å². The Balaban J connectivity index is 1.85. The predicted molar refractivity (Wildman–Crippen MR) is 103 cm³/mol. The number of thiocarbonyl (C=S) groups is 1. The quantitative estimate of drug-likeness (QED) is 0.595. The van der Waals surface area contributed by atoms with Crippen molar-refractivity contribution in [2.45, 2.75) is 4.90 Å². The minimum atomic E-state index is -3.97. The summed E-state index contributed by atoms with van der Waals surface area (Å²) < 4.78 is 38.3. The summed E-state index contributed by atoms with van der Waals surface area (Å²) in [5.74, 6) is -1.27. The van der Waals surface area contributed by atoms with E-state index in [1.807, 2.05) is 0 Å². The van der Waals surface area contributed by atoms with Crippen LogP contribution in [0.3, 0.4) is 0 Å². The monoisotopic (exact) mass is 428 g/mol. The Bertz CT molecular complexity index is 1030. The molecule has 0 saturated carbocycles. The standard InChI is InChI=1S/C16H10ClFN2O3S3/c17-12-7-6-10(8-13(12)18)9-14-15(21)20(16(24)25-14)19-26(22,23)11-4-2-1-3-5-11/h1-9,19H/b14-9-. The van der Waals surface area contributed by atoms with Crippen molar-refractivity contribution in [2.24, 2.45) is 0 Å². The number of carbonyl (C=O) groups is 1. The average Bonchev–Trinajstić information content (AvgIpc) is 2.86. The first-order valence-corrected chi connectivity index (χ1v) is 10.2. The molecule has 0 unspecified atom stereocenters. The number of rotatable bonds is 4. The van der Waals surface area contributed by atoms with E-state index in [1.54, 1.807) is 18.2 Å². The Labute approximate surface area is 163 Å². The average molecular weight is 429 g/mol. The summed E-state index contributed by atoms with van der Waals surface area (Å²) in [5.41, 5.74) is 0.401. The Morgan fingerprint density at radius 2 is 1.88 bits per heavy atom. The van der Waals surface area contributed by atoms with Gasteiger partial charge in [-0.05, 0) is 35.9 Å². The van der Waals surface area contributed by atoms with Crippen molar-refractivity contribution in [1.82, 2.24) is 9.84 Å². The number of benzene rings is 2. The first-order valence-electron chi connectivity index (χ1n) is 7.08. The van der Waals surface area contributed by atoms with Crippen LogP contribution in [0.4, 0.5) is 4.39 Å². The van der Waals surface area contributed by atoms with E-state index in [0.29, 0.717) is 5.56 Å². The fourth-order valence-electron chi connectivity index (χ4n) is 2.07. The lowest BCUT2D eigenvalue weighted by molar-refractivity contribution is -0.123. The Morgan fingerprint density at radius 1 is 1.19 bits per heavy atom. The number of hydrogen-bond acceptors (Lipinski definition) is 5. The van der Waals surface area contributed by atoms with Gasteiger partial charge < -0.3 is 0 Å². The van der Waals surface area contributed by atoms with Crippen molar-refractivity contribution in [2.75, 3.05) is 0 Å². The molecule has 0 aromatic heterocycles. The van der Waals surface area contributed by atoms with E-state index in [2.05, 4.69) is 4.83 Å². The predicted octanol–water partition coefficient (Wildman–Crippen LogP) is 3.57. The number of halogens is 2. The molecule has 1 aliphatic rings. The van der Waals surface area contributed by atoms with Gasteiger partial charge in [0.1, 0.15) is 5.82 Å². The second-order valence-electron chi connectivity index (χ2n) is 5.10. The van der Waals surface area contributed by atoms with Crippen LogP contribution in [-0.2, 0) is 14.8 Å². The molecule has 10 heteroatoms. The fourth-order valence-corrected chi connectivity index (χ4v) is 4.52. The smallest absolute Gasteiger partial charge is 0.267 e. The van der Waals surface area contributed by atoms with E-state index < -0.39 is 21.7 Å². The van der Waals surface area contributed by atoms with E-state index in [9.17, 15) is 17.6 Å². The third-order valence-corrected chi connectivity index (χ3v) is 6.22. The van der Waals surface area contributed by atoms with E-state index in [4.69, 9.17) is 23.8 Å². The molecule has 1 saturated heterocycles. The van der Waals surface area contributed by atoms with Gasteiger partial charge in [-0.2, -0.15) is 0 Å². The fraction of sp³-hybridized carbons (Fsp3) is 0. The van der Waals surface area contributed by atoms with Gasteiger partial charge in [0.15, 0.2) is 4.32 Å². The summed E-state index contributed by atoms with van der Waals surface area (Å²) in [6, 6.07) is 11.7. The summed E-state index contributed by atoms with van der Waals surface area (Å²) in [7, 11) is -3.97. The number of sulfonamides is 1. The first-order chi connectivity index (χ1) is 12.3. The first kappa shape index (κ1) is 19.0. The molecule has 26 heavy (non-hydrogen) atoms. The zero-order chi connectivity index (χ0) is 18.9. The molecule has 1 aliphatic heterocycles. The van der Waals surface area contributed by atoms with Crippen LogP contribution in [0.1, 0.15) is 5.56 Å². The van der Waals surface area contributed by atoms with Gasteiger partial charge in [0.05, 0.1) is 14.8 Å². The number of thioether (sulfide) groups is 1. The van der Waals surface area contributed by atoms with Crippen molar-refractivity contribution < 1.29 is 17.6 Å². The molecule has 1 fully saturated rings. The normalized spacial score (nSPS) is 16.5. The van der Waals surface area contributed by atoms with E-state index in [1.165, 1.54) is 36.4 Å². The summed E-state index contributed by atoms with van der Waals surface area (Å²) in [4.78, 5) is 14.8. The van der Waals surface area contributed by atoms with Crippen molar-refractivity contribution in [3.63, 3.8) is 0 Å². The number of amides is 1. The van der Waals surface area contributed by atoms with E-state index >= 15 is 0 Å². The molecule has 1 N–H and O–H groups in total. The molecule has 134 valence electrons. The maximum Gasteiger partial charge on any atom is 0.281 e. The van der Waals surface area contributed by atoms with Gasteiger partial charge in [-0.3, -0.25) is 4.79 Å². The lowest BCUT2D eigenvalue weighted by Gasteiger charge is -2.15. The number of nitrogens with one attached hydrogen (secondary N) is 1. The number of hydrogen-bond donors (Lipinski definition) is 1. The highest BCUT2D eigenvalue weighted by molar-refractivity contribution is 8.26. The molecule has 0 bridgehead atoms. The molecule has 3 rings (SSSR count). The highest BCUT2D eigenvalue weighted by Gasteiger charge is 2.35. The minimum Gasteiger partial charge on any atom is -0.267 e. The van der Waals surface area contributed by atoms with Crippen LogP contribution in [0, 0.1) is 5.82 Å². The van der Waals surface area contributed by atoms with E-state index in [0.717, 1.165) is 16.8 Å². The molecule has 0 spiro atoms. The van der Waals surface area contributed by atoms with Gasteiger partial charge in [0.25, 0.3) is 15.9 Å². The van der Waals surface area contributed by atoms with Crippen LogP contribution in [0.15, 0.2) is 58.3 Å². The van der Waals surface area contributed by atoms with Gasteiger partial charge in [-0.25, -0.2) is 17.8 Å². The molecular formula is C16H10ClFN2O3S3. The summed E-state index contributed by atoms with van der Waals surface area (Å²) in [6.07, 6.45) is 1.41. The van der Waals surface area contributed by atoms with Crippen molar-refractivity contribution in [1.29, 1.82) is 0 Å². The molecule has 1 amide bonds. The molecular weight excluding hydrogens is 419 g/mol. The maximum atomic E-state index is 13.5. The lowest BCUT2D eigenvalue weighted by Crippen LogP contribution is -2.44. The van der Waals surface area contributed by atoms with Gasteiger partial charge in [-0.1, -0.05) is 59.8 Å². The summed E-state index contributed by atoms with van der Waals surface area (Å²) >= 11 is 11.6. The van der Waals surface area contributed by atoms with E-state index in [-0.39, 0.29) is 19.1 Å². The minimum absolute atomic E-state index is 0.00204. The molecule has 0 radical (unpaired) electrons. The largest absolute Gasteiger partial charge is 0.281 e. The maximum absolute atomic E-state index is 13.5. The van der Waals surface area contributed by atoms with Gasteiger partial charge in [0, 0.05) is 0 Å². The molecule has 5 nitrogen and oxygen atoms in total. The van der Waals surface area contributed by atoms with Crippen LogP contribution in [0.25, 0.3) is 6.08 Å². The van der Waals surface area contributed by atoms with Crippen molar-refractivity contribution >= 4 is 61.9 Å². The second-order valence-corrected chi connectivity index (χ2v) is 8.84. The Morgan fingerprint density at radius 3 is 2.54 bits per heavy atom. The lowest BCUT2D eigenvalue weighted by atomic mass is 10.2. The zero-order valence-electron chi connectivity index (χ0n) is 12.8. The number of hydrazine groups is 1. The third-order valence-electron chi connectivity index (χ3n) is 3.30. The highest BCUT2D eigenvalue weighted by Crippen LogP contribution is 2.32. The summed E-state index contributed by atoms with van der Waals surface area (Å²) in [5, 5.41) is 0.741. The zero-order valence-corrected chi connectivity index (χ0v) is 16.1. The van der Waals surface area contributed by atoms with Gasteiger partial charge in [0.2, 0.25) is 0 Å². The van der Waals surface area contributed by atoms with Crippen molar-refractivity contribution in [3.05, 3.63) is 69.8 Å². The highest BCUT2D eigenvalue weighted by atomic mass is 35.5. The van der Waals surface area contributed by atoms with Crippen LogP contribution in [-0.4, -0.2) is 23.7 Å². The van der Waals surface area contributed by atoms with Crippen molar-refractivity contribution in [3.8, 4) is 0 Å². The molecule has 0 atom stereocenters. The Hall–Kier alpha value is -1.78. The van der Waals surface area contributed by atoms with Gasteiger partial charge >= 0.3 is 0 Å². The molecule has 2 aromatic rings. The van der Waals surface area contributed by atoms with Crippen LogP contribution in [0.2, 0.25) is 5.02 Å². The molecule has 1 heterocycles. The van der Waals surface area contributed by atoms with Crippen LogP contribution >= 0.6 is 35.6 Å². The second kappa shape index (κ2) is 7.45. The number of nitrogens with zero attached hydrogens (tertiary/aromatic N) is 1. The number of carbonyl (C=O) groups excluding carboxylic acids is 1. The third kappa shape index (κ3) is 3.97. The molecule has 2 aromatic carbocycles. The van der Waals surface area contributed by atoms with Crippen LogP contribution < -0.4 is 4.83 Å². The van der Waals surface area contributed by atoms with Gasteiger partial charge in [-0.15, -0.1) is 4.83 Å². The Kier molecular flexibility index (Phi) is 5.44. The SMILES string of the molecule is O=C1/C(=C/c2ccc(Cl)c(F)c2)SC(=S)N1NS(=O)(=O)c1ccccc1. The topological polar surface area (TPSA) is 66.5 Å².